The van der Waals surface area contributed by atoms with Crippen molar-refractivity contribution >= 4 is 5.78 Å². The Morgan fingerprint density at radius 2 is 1.48 bits per heavy atom. The quantitative estimate of drug-likeness (QED) is 0.545. The second-order valence-electron chi connectivity index (χ2n) is 8.19. The highest BCUT2D eigenvalue weighted by atomic mass is 16.5. The summed E-state index contributed by atoms with van der Waals surface area (Å²) in [6.45, 7) is 13.9. The molecule has 0 aromatic rings. The number of hydrogen-bond donors (Lipinski definition) is 1. The molecule has 0 saturated heterocycles. The standard InChI is InChI=1S/C21H38O4/c1-10-19(5,17(23)21(7,12-3)25-9)15-18(4,13-14-22)16-20(6,11-2)24-8/h22H,10-12,15-16H2,1-9H3. The van der Waals surface area contributed by atoms with Crippen LogP contribution in [0.2, 0.25) is 0 Å². The first-order chi connectivity index (χ1) is 11.4. The molecule has 4 heteroatoms. The topological polar surface area (TPSA) is 55.8 Å². The summed E-state index contributed by atoms with van der Waals surface area (Å²) in [5.41, 5.74) is -2.31. The van der Waals surface area contributed by atoms with Gasteiger partial charge in [-0.05, 0) is 52.9 Å². The minimum atomic E-state index is -0.812. The van der Waals surface area contributed by atoms with E-state index in [1.165, 1.54) is 0 Å². The fourth-order valence-corrected chi connectivity index (χ4v) is 3.72. The van der Waals surface area contributed by atoms with E-state index < -0.39 is 16.4 Å². The van der Waals surface area contributed by atoms with Gasteiger partial charge in [0.25, 0.3) is 0 Å². The Morgan fingerprint density at radius 1 is 0.920 bits per heavy atom. The average molecular weight is 355 g/mol. The summed E-state index contributed by atoms with van der Waals surface area (Å²) in [5.74, 6) is 3.04. The summed E-state index contributed by atoms with van der Waals surface area (Å²) in [6, 6.07) is 0. The van der Waals surface area contributed by atoms with Crippen molar-refractivity contribution in [1.29, 1.82) is 0 Å². The van der Waals surface area contributed by atoms with Gasteiger partial charge in [0.05, 0.1) is 5.60 Å². The lowest BCUT2D eigenvalue weighted by Gasteiger charge is -2.42. The molecule has 0 aromatic carbocycles. The maximum atomic E-state index is 13.3. The maximum Gasteiger partial charge on any atom is 0.170 e. The van der Waals surface area contributed by atoms with Crippen LogP contribution in [0.1, 0.15) is 80.6 Å². The zero-order chi connectivity index (χ0) is 19.9. The molecule has 0 aliphatic carbocycles. The molecule has 0 radical (unpaired) electrons. The lowest BCUT2D eigenvalue weighted by Crippen LogP contribution is -2.48. The van der Waals surface area contributed by atoms with Crippen LogP contribution in [0.25, 0.3) is 0 Å². The van der Waals surface area contributed by atoms with Gasteiger partial charge in [0.15, 0.2) is 5.78 Å². The van der Waals surface area contributed by atoms with Crippen LogP contribution >= 0.6 is 0 Å². The van der Waals surface area contributed by atoms with E-state index in [-0.39, 0.29) is 11.4 Å². The number of carbonyl (C=O) groups is 1. The largest absolute Gasteiger partial charge is 0.462 e. The molecule has 0 amide bonds. The molecule has 0 aliphatic rings. The molecule has 0 spiro atoms. The van der Waals surface area contributed by atoms with E-state index in [2.05, 4.69) is 19.0 Å². The molecular formula is C21H38O4. The van der Waals surface area contributed by atoms with E-state index in [4.69, 9.17) is 9.47 Å². The molecule has 0 rings (SSSR count). The Morgan fingerprint density at radius 3 is 1.80 bits per heavy atom. The van der Waals surface area contributed by atoms with Crippen LogP contribution in [0, 0.1) is 22.9 Å². The zero-order valence-corrected chi connectivity index (χ0v) is 17.7. The van der Waals surface area contributed by atoms with E-state index in [1.54, 1.807) is 14.2 Å². The Kier molecular flexibility index (Phi) is 8.67. The summed E-state index contributed by atoms with van der Waals surface area (Å²) >= 11 is 0. The predicted octanol–water partition coefficient (Wildman–Crippen LogP) is 4.72. The Balaban J connectivity index is 5.85. The summed E-state index contributed by atoms with van der Waals surface area (Å²) in [7, 11) is 3.28. The van der Waals surface area contributed by atoms with Gasteiger partial charge in [-0.25, -0.2) is 0 Å². The molecule has 25 heavy (non-hydrogen) atoms. The van der Waals surface area contributed by atoms with Gasteiger partial charge in [0.2, 0.25) is 0 Å². The van der Waals surface area contributed by atoms with Crippen molar-refractivity contribution in [1.82, 2.24) is 0 Å². The van der Waals surface area contributed by atoms with E-state index in [0.29, 0.717) is 25.7 Å². The van der Waals surface area contributed by atoms with Gasteiger partial charge >= 0.3 is 0 Å². The molecule has 0 aliphatic heterocycles. The number of Topliss-reactive ketones (excluding diaryl/α,β-unsaturated/α-hetero) is 1. The van der Waals surface area contributed by atoms with Crippen molar-refractivity contribution in [2.45, 2.75) is 91.8 Å². The van der Waals surface area contributed by atoms with Gasteiger partial charge in [0, 0.05) is 25.0 Å². The number of rotatable bonds is 11. The fourth-order valence-electron chi connectivity index (χ4n) is 3.72. The van der Waals surface area contributed by atoms with Gasteiger partial charge in [-0.15, -0.1) is 0 Å². The summed E-state index contributed by atoms with van der Waals surface area (Å²) in [4.78, 5) is 13.3. The van der Waals surface area contributed by atoms with Crippen LogP contribution in [-0.2, 0) is 14.3 Å². The fraction of sp³-hybridized carbons (Fsp3) is 0.857. The second kappa shape index (κ2) is 9.05. The van der Waals surface area contributed by atoms with Crippen molar-refractivity contribution in [3.05, 3.63) is 0 Å². The first-order valence-corrected chi connectivity index (χ1v) is 9.25. The number of ketones is 1. The highest BCUT2D eigenvalue weighted by Gasteiger charge is 2.47. The molecule has 146 valence electrons. The number of carbonyl (C=O) groups excluding carboxylic acids is 1. The lowest BCUT2D eigenvalue weighted by atomic mass is 9.63. The molecule has 0 bridgehead atoms. The lowest BCUT2D eigenvalue weighted by molar-refractivity contribution is -0.152. The molecular weight excluding hydrogens is 316 g/mol. The Hall–Kier alpha value is -1.05. The smallest absolute Gasteiger partial charge is 0.170 e. The molecule has 0 aromatic heterocycles. The minimum absolute atomic E-state index is 0.0917. The first-order valence-electron chi connectivity index (χ1n) is 9.25. The first kappa shape index (κ1) is 23.9. The average Bonchev–Trinajstić information content (AvgIpc) is 2.59. The molecule has 0 fully saturated rings. The number of hydrogen-bond acceptors (Lipinski definition) is 4. The van der Waals surface area contributed by atoms with Crippen LogP contribution < -0.4 is 0 Å². The van der Waals surface area contributed by atoms with E-state index in [9.17, 15) is 9.90 Å². The SMILES string of the molecule is CCC(C)(CC(C)(C#CO)CC(C)(CC)C(=O)C(C)(CC)OC)OC. The monoisotopic (exact) mass is 354 g/mol. The Labute approximate surface area is 154 Å². The maximum absolute atomic E-state index is 13.3. The summed E-state index contributed by atoms with van der Waals surface area (Å²) in [6.07, 6.45) is 5.39. The van der Waals surface area contributed by atoms with Crippen molar-refractivity contribution in [3.8, 4) is 12.0 Å². The minimum Gasteiger partial charge on any atom is -0.462 e. The van der Waals surface area contributed by atoms with E-state index in [0.717, 1.165) is 6.42 Å². The van der Waals surface area contributed by atoms with Crippen molar-refractivity contribution in [3.63, 3.8) is 0 Å². The normalized spacial score (nSPS) is 21.0. The zero-order valence-electron chi connectivity index (χ0n) is 17.7. The van der Waals surface area contributed by atoms with Gasteiger partial charge < -0.3 is 14.6 Å². The third kappa shape index (κ3) is 5.72. The third-order valence-electron chi connectivity index (χ3n) is 6.08. The molecule has 4 unspecified atom stereocenters. The third-order valence-corrected chi connectivity index (χ3v) is 6.08. The number of ether oxygens (including phenoxy) is 2. The van der Waals surface area contributed by atoms with Gasteiger partial charge in [-0.2, -0.15) is 0 Å². The highest BCUT2D eigenvalue weighted by molar-refractivity contribution is 5.92. The molecule has 4 nitrogen and oxygen atoms in total. The van der Waals surface area contributed by atoms with Gasteiger partial charge in [-0.1, -0.05) is 33.6 Å². The molecule has 0 saturated carbocycles. The summed E-state index contributed by atoms with van der Waals surface area (Å²) < 4.78 is 11.2. The second-order valence-corrected chi connectivity index (χ2v) is 8.19. The van der Waals surface area contributed by atoms with Gasteiger partial charge in [-0.3, -0.25) is 4.79 Å². The van der Waals surface area contributed by atoms with Crippen LogP contribution in [0.15, 0.2) is 0 Å². The van der Waals surface area contributed by atoms with E-state index in [1.807, 2.05) is 41.5 Å². The number of methoxy groups -OCH3 is 2. The van der Waals surface area contributed by atoms with Crippen LogP contribution in [-0.4, -0.2) is 36.3 Å². The molecule has 0 heterocycles. The van der Waals surface area contributed by atoms with Crippen LogP contribution in [0.5, 0.6) is 0 Å². The number of aliphatic hydroxyl groups excluding tert-OH is 1. The van der Waals surface area contributed by atoms with Crippen LogP contribution in [0.3, 0.4) is 0 Å². The number of aliphatic hydroxyl groups is 1. The summed E-state index contributed by atoms with van der Waals surface area (Å²) in [5, 5.41) is 9.29. The Bertz CT molecular complexity index is 494. The highest BCUT2D eigenvalue weighted by Crippen LogP contribution is 2.45. The van der Waals surface area contributed by atoms with Crippen molar-refractivity contribution in [2.75, 3.05) is 14.2 Å². The van der Waals surface area contributed by atoms with Gasteiger partial charge in [0.1, 0.15) is 11.7 Å². The van der Waals surface area contributed by atoms with Crippen molar-refractivity contribution in [2.24, 2.45) is 10.8 Å². The van der Waals surface area contributed by atoms with E-state index >= 15 is 0 Å². The molecule has 4 atom stereocenters. The van der Waals surface area contributed by atoms with Crippen LogP contribution in [0.4, 0.5) is 0 Å². The van der Waals surface area contributed by atoms with Crippen molar-refractivity contribution < 1.29 is 19.4 Å². The molecule has 1 N–H and O–H groups in total. The predicted molar refractivity (Wildman–Crippen MR) is 102 cm³/mol.